The van der Waals surface area contributed by atoms with Crippen molar-refractivity contribution in [3.63, 3.8) is 0 Å². The van der Waals surface area contributed by atoms with E-state index in [4.69, 9.17) is 0 Å². The first kappa shape index (κ1) is 15.0. The highest BCUT2D eigenvalue weighted by molar-refractivity contribution is 7.46. The first-order valence-electron chi connectivity index (χ1n) is 7.73. The van der Waals surface area contributed by atoms with E-state index in [2.05, 4.69) is 104 Å². The summed E-state index contributed by atoms with van der Waals surface area (Å²) in [4.78, 5) is 0. The smallest absolute Gasteiger partial charge is 0.0670 e. The van der Waals surface area contributed by atoms with Gasteiger partial charge in [-0.1, -0.05) is 120 Å². The zero-order chi connectivity index (χ0) is 15.4. The summed E-state index contributed by atoms with van der Waals surface area (Å²) in [5.41, 5.74) is 0. The molecular formula is C20H21Si2. The van der Waals surface area contributed by atoms with E-state index in [0.717, 1.165) is 0 Å². The Kier molecular flexibility index (Phi) is 4.41. The molecule has 0 aromatic heterocycles. The number of rotatable bonds is 4. The van der Waals surface area contributed by atoms with Gasteiger partial charge in [-0.3, -0.25) is 0 Å². The molecule has 0 saturated heterocycles. The van der Waals surface area contributed by atoms with Crippen molar-refractivity contribution >= 4 is 31.5 Å². The van der Waals surface area contributed by atoms with Crippen molar-refractivity contribution in [1.29, 1.82) is 0 Å². The maximum absolute atomic E-state index is 2.52. The summed E-state index contributed by atoms with van der Waals surface area (Å²) < 4.78 is 0. The van der Waals surface area contributed by atoms with Gasteiger partial charge in [-0.25, -0.2) is 0 Å². The summed E-state index contributed by atoms with van der Waals surface area (Å²) >= 11 is 0. The number of hydrogen-bond donors (Lipinski definition) is 0. The quantitative estimate of drug-likeness (QED) is 0.649. The van der Waals surface area contributed by atoms with E-state index in [1.54, 1.807) is 5.19 Å². The van der Waals surface area contributed by atoms with Gasteiger partial charge in [0.2, 0.25) is 0 Å². The highest BCUT2D eigenvalue weighted by Crippen LogP contribution is 2.10. The van der Waals surface area contributed by atoms with Crippen LogP contribution >= 0.6 is 0 Å². The van der Waals surface area contributed by atoms with Crippen molar-refractivity contribution in [2.45, 2.75) is 13.1 Å². The zero-order valence-electron chi connectivity index (χ0n) is 13.2. The molecule has 0 heterocycles. The predicted molar refractivity (Wildman–Crippen MR) is 101 cm³/mol. The van der Waals surface area contributed by atoms with Crippen LogP contribution in [0.2, 0.25) is 13.1 Å². The molecule has 109 valence electrons. The Morgan fingerprint density at radius 1 is 0.545 bits per heavy atom. The highest BCUT2D eigenvalue weighted by atomic mass is 29.2. The van der Waals surface area contributed by atoms with E-state index in [1.165, 1.54) is 10.4 Å². The van der Waals surface area contributed by atoms with Crippen molar-refractivity contribution in [3.05, 3.63) is 91.0 Å². The molecule has 0 aliphatic carbocycles. The molecule has 3 aromatic rings. The van der Waals surface area contributed by atoms with E-state index in [9.17, 15) is 0 Å². The van der Waals surface area contributed by atoms with E-state index in [0.29, 0.717) is 0 Å². The fourth-order valence-electron chi connectivity index (χ4n) is 3.10. The molecule has 3 aromatic carbocycles. The van der Waals surface area contributed by atoms with Gasteiger partial charge in [0, 0.05) is 0 Å². The summed E-state index contributed by atoms with van der Waals surface area (Å²) in [6, 6.07) is 33.3. The molecule has 0 saturated carbocycles. The molecule has 3 rings (SSSR count). The van der Waals surface area contributed by atoms with Gasteiger partial charge in [-0.05, 0) is 0 Å². The lowest BCUT2D eigenvalue weighted by molar-refractivity contribution is 1.71. The van der Waals surface area contributed by atoms with Gasteiger partial charge in [0.05, 0.1) is 7.59 Å². The molecule has 0 unspecified atom stereocenters. The molecule has 0 amide bonds. The third kappa shape index (κ3) is 2.98. The van der Waals surface area contributed by atoms with Gasteiger partial charge in [-0.2, -0.15) is 0 Å². The van der Waals surface area contributed by atoms with Crippen LogP contribution in [0.1, 0.15) is 0 Å². The van der Waals surface area contributed by atoms with Crippen LogP contribution in [-0.2, 0) is 0 Å². The Hall–Kier alpha value is -1.91. The third-order valence-electron chi connectivity index (χ3n) is 4.25. The third-order valence-corrected chi connectivity index (χ3v) is 15.4. The Morgan fingerprint density at radius 3 is 1.32 bits per heavy atom. The normalized spacial score (nSPS) is 11.6. The van der Waals surface area contributed by atoms with Crippen LogP contribution < -0.4 is 15.6 Å². The average molecular weight is 318 g/mol. The zero-order valence-corrected chi connectivity index (χ0v) is 15.2. The molecule has 0 spiro atoms. The fraction of sp³-hybridized carbons (Fsp3) is 0.100. The van der Waals surface area contributed by atoms with E-state index >= 15 is 0 Å². The second-order valence-corrected chi connectivity index (χ2v) is 17.1. The van der Waals surface area contributed by atoms with Crippen molar-refractivity contribution < 1.29 is 0 Å². The van der Waals surface area contributed by atoms with Gasteiger partial charge in [0.1, 0.15) is 8.31 Å². The molecular weight excluding hydrogens is 296 g/mol. The maximum Gasteiger partial charge on any atom is 0.117 e. The van der Waals surface area contributed by atoms with Gasteiger partial charge in [0.25, 0.3) is 0 Å². The number of hydrogen-bond acceptors (Lipinski definition) is 0. The molecule has 0 nitrogen and oxygen atoms in total. The van der Waals surface area contributed by atoms with E-state index in [-0.39, 0.29) is 0 Å². The highest BCUT2D eigenvalue weighted by Gasteiger charge is 2.37. The van der Waals surface area contributed by atoms with E-state index in [1.807, 2.05) is 0 Å². The second kappa shape index (κ2) is 6.47. The second-order valence-electron chi connectivity index (χ2n) is 6.10. The molecule has 0 aliphatic heterocycles. The van der Waals surface area contributed by atoms with Crippen LogP contribution in [0.15, 0.2) is 91.0 Å². The first-order chi connectivity index (χ1) is 10.7. The summed E-state index contributed by atoms with van der Waals surface area (Å²) in [5.74, 6) is 0. The lowest BCUT2D eigenvalue weighted by atomic mass is 10.4. The number of benzene rings is 3. The molecule has 22 heavy (non-hydrogen) atoms. The SMILES string of the molecule is C[Si](C)(c1ccccc1)[Si](c1ccccc1)c1ccccc1. The van der Waals surface area contributed by atoms with E-state index < -0.39 is 15.9 Å². The Morgan fingerprint density at radius 2 is 0.909 bits per heavy atom. The molecule has 0 atom stereocenters. The molecule has 0 N–H and O–H groups in total. The lowest BCUT2D eigenvalue weighted by Crippen LogP contribution is -2.67. The van der Waals surface area contributed by atoms with Crippen molar-refractivity contribution in [1.82, 2.24) is 0 Å². The largest absolute Gasteiger partial charge is 0.117 e. The lowest BCUT2D eigenvalue weighted by Gasteiger charge is -2.32. The van der Waals surface area contributed by atoms with Crippen LogP contribution in [0.4, 0.5) is 0 Å². The van der Waals surface area contributed by atoms with Crippen molar-refractivity contribution in [2.75, 3.05) is 0 Å². The summed E-state index contributed by atoms with van der Waals surface area (Å²) in [6.45, 7) is 5.05. The van der Waals surface area contributed by atoms with Crippen LogP contribution in [0, 0.1) is 0 Å². The minimum atomic E-state index is -1.59. The monoisotopic (exact) mass is 317 g/mol. The van der Waals surface area contributed by atoms with Crippen LogP contribution in [-0.4, -0.2) is 15.9 Å². The average Bonchev–Trinajstić information content (AvgIpc) is 2.58. The van der Waals surface area contributed by atoms with Gasteiger partial charge in [0.15, 0.2) is 0 Å². The Balaban J connectivity index is 2.14. The summed E-state index contributed by atoms with van der Waals surface area (Å²) in [5, 5.41) is 4.61. The van der Waals surface area contributed by atoms with Crippen molar-refractivity contribution in [3.8, 4) is 0 Å². The van der Waals surface area contributed by atoms with Gasteiger partial charge in [-0.15, -0.1) is 0 Å². The van der Waals surface area contributed by atoms with Crippen LogP contribution in [0.5, 0.6) is 0 Å². The van der Waals surface area contributed by atoms with Gasteiger partial charge >= 0.3 is 0 Å². The van der Waals surface area contributed by atoms with Crippen LogP contribution in [0.3, 0.4) is 0 Å². The minimum Gasteiger partial charge on any atom is -0.0670 e. The summed E-state index contributed by atoms with van der Waals surface area (Å²) in [7, 11) is -2.38. The Labute approximate surface area is 135 Å². The fourth-order valence-corrected chi connectivity index (χ4v) is 13.9. The standard InChI is InChI=1S/C20H21Si2/c1-22(2,20-16-10-5-11-17-20)21(18-12-6-3-7-13-18)19-14-8-4-9-15-19/h3-17H,1-2H3. The van der Waals surface area contributed by atoms with Crippen LogP contribution in [0.25, 0.3) is 0 Å². The van der Waals surface area contributed by atoms with Crippen molar-refractivity contribution in [2.24, 2.45) is 0 Å². The summed E-state index contributed by atoms with van der Waals surface area (Å²) in [6.07, 6.45) is 0. The predicted octanol–water partition coefficient (Wildman–Crippen LogP) is 2.99. The van der Waals surface area contributed by atoms with Gasteiger partial charge < -0.3 is 0 Å². The minimum absolute atomic E-state index is 0.789. The molecule has 0 bridgehead atoms. The molecule has 0 aliphatic rings. The Bertz CT molecular complexity index is 667. The topological polar surface area (TPSA) is 0 Å². The molecule has 2 heteroatoms. The first-order valence-corrected chi connectivity index (χ1v) is 13.2. The molecule has 1 radical (unpaired) electrons. The maximum atomic E-state index is 2.52. The molecule has 0 fully saturated rings.